The summed E-state index contributed by atoms with van der Waals surface area (Å²) in [6.07, 6.45) is 0.987. The Morgan fingerprint density at radius 2 is 2.14 bits per heavy atom. The van der Waals surface area contributed by atoms with Crippen molar-refractivity contribution in [1.82, 2.24) is 9.78 Å². The molecule has 80 valence electrons. The number of aromatic nitrogens is 2. The summed E-state index contributed by atoms with van der Waals surface area (Å²) in [5.41, 5.74) is 2.45. The maximum absolute atomic E-state index is 4.46. The van der Waals surface area contributed by atoms with Crippen LogP contribution in [0.15, 0.2) is 4.47 Å². The van der Waals surface area contributed by atoms with Gasteiger partial charge in [-0.05, 0) is 27.6 Å². The van der Waals surface area contributed by atoms with Crippen molar-refractivity contribution in [3.8, 4) is 0 Å². The number of hydrogen-bond acceptors (Lipinski definition) is 2. The van der Waals surface area contributed by atoms with E-state index in [0.29, 0.717) is 5.25 Å². The van der Waals surface area contributed by atoms with Crippen LogP contribution in [0.4, 0.5) is 0 Å². The molecule has 0 fully saturated rings. The topological polar surface area (TPSA) is 17.8 Å². The predicted molar refractivity (Wildman–Crippen MR) is 66.7 cm³/mol. The zero-order chi connectivity index (χ0) is 10.7. The third kappa shape index (κ3) is 2.76. The zero-order valence-electron chi connectivity index (χ0n) is 9.17. The lowest BCUT2D eigenvalue weighted by Gasteiger charge is -2.05. The van der Waals surface area contributed by atoms with Gasteiger partial charge in [0.2, 0.25) is 0 Å². The van der Waals surface area contributed by atoms with Crippen LogP contribution in [0.2, 0.25) is 0 Å². The summed E-state index contributed by atoms with van der Waals surface area (Å²) in [4.78, 5) is 0. The first-order chi connectivity index (χ1) is 6.56. The number of aryl methyl sites for hydroxylation is 2. The highest BCUT2D eigenvalue weighted by atomic mass is 79.9. The van der Waals surface area contributed by atoms with Crippen LogP contribution in [0.25, 0.3) is 0 Å². The first-order valence-electron chi connectivity index (χ1n) is 4.88. The van der Waals surface area contributed by atoms with E-state index in [9.17, 15) is 0 Å². The van der Waals surface area contributed by atoms with Gasteiger partial charge < -0.3 is 0 Å². The van der Waals surface area contributed by atoms with Gasteiger partial charge in [0.05, 0.1) is 15.9 Å². The minimum atomic E-state index is 0.668. The van der Waals surface area contributed by atoms with Crippen molar-refractivity contribution in [2.75, 3.05) is 0 Å². The molecule has 0 aliphatic carbocycles. The Morgan fingerprint density at radius 3 is 2.57 bits per heavy atom. The monoisotopic (exact) mass is 276 g/mol. The van der Waals surface area contributed by atoms with Crippen LogP contribution in [-0.4, -0.2) is 15.0 Å². The van der Waals surface area contributed by atoms with E-state index in [1.807, 2.05) is 23.5 Å². The van der Waals surface area contributed by atoms with Crippen LogP contribution in [0.1, 0.15) is 32.2 Å². The van der Waals surface area contributed by atoms with E-state index in [-0.39, 0.29) is 0 Å². The zero-order valence-corrected chi connectivity index (χ0v) is 11.6. The van der Waals surface area contributed by atoms with Gasteiger partial charge in [0.25, 0.3) is 0 Å². The maximum atomic E-state index is 4.46. The molecule has 1 heterocycles. The minimum absolute atomic E-state index is 0.668. The third-order valence-corrected chi connectivity index (χ3v) is 4.08. The van der Waals surface area contributed by atoms with Crippen LogP contribution < -0.4 is 0 Å². The fourth-order valence-corrected chi connectivity index (χ4v) is 2.99. The average Bonchev–Trinajstić information content (AvgIpc) is 2.39. The van der Waals surface area contributed by atoms with E-state index in [1.54, 1.807) is 0 Å². The number of halogens is 1. The quantitative estimate of drug-likeness (QED) is 0.839. The van der Waals surface area contributed by atoms with E-state index < -0.39 is 0 Å². The molecule has 0 saturated carbocycles. The van der Waals surface area contributed by atoms with Gasteiger partial charge in [0.1, 0.15) is 0 Å². The summed E-state index contributed by atoms with van der Waals surface area (Å²) in [6.45, 7) is 6.57. The second-order valence-electron chi connectivity index (χ2n) is 3.54. The average molecular weight is 277 g/mol. The van der Waals surface area contributed by atoms with Gasteiger partial charge in [-0.15, -0.1) is 0 Å². The molecule has 0 N–H and O–H groups in total. The summed E-state index contributed by atoms with van der Waals surface area (Å²) in [7, 11) is 2.01. The van der Waals surface area contributed by atoms with Crippen LogP contribution >= 0.6 is 27.7 Å². The Kier molecular flexibility index (Phi) is 4.51. The fourth-order valence-electron chi connectivity index (χ4n) is 1.22. The molecule has 14 heavy (non-hydrogen) atoms. The van der Waals surface area contributed by atoms with Crippen molar-refractivity contribution in [1.29, 1.82) is 0 Å². The largest absolute Gasteiger partial charge is 0.270 e. The Labute approximate surface area is 98.6 Å². The molecule has 0 amide bonds. The molecule has 0 spiro atoms. The van der Waals surface area contributed by atoms with E-state index in [0.717, 1.165) is 17.9 Å². The lowest BCUT2D eigenvalue weighted by molar-refractivity contribution is 0.719. The Bertz CT molecular complexity index is 307. The van der Waals surface area contributed by atoms with Gasteiger partial charge >= 0.3 is 0 Å². The number of hydrogen-bond donors (Lipinski definition) is 0. The second-order valence-corrected chi connectivity index (χ2v) is 5.90. The first kappa shape index (κ1) is 12.1. The third-order valence-electron chi connectivity index (χ3n) is 2.06. The molecule has 1 aromatic rings. The molecule has 0 unspecified atom stereocenters. The van der Waals surface area contributed by atoms with Crippen molar-refractivity contribution in [2.45, 2.75) is 38.2 Å². The van der Waals surface area contributed by atoms with Crippen molar-refractivity contribution >= 4 is 27.7 Å². The van der Waals surface area contributed by atoms with Gasteiger partial charge in [-0.25, -0.2) is 0 Å². The van der Waals surface area contributed by atoms with Gasteiger partial charge in [0, 0.05) is 12.8 Å². The Hall–Kier alpha value is 0.0400. The highest BCUT2D eigenvalue weighted by Gasteiger charge is 2.12. The van der Waals surface area contributed by atoms with Crippen molar-refractivity contribution in [3.05, 3.63) is 15.9 Å². The SMILES string of the molecule is CCc1nn(C)c(CSC(C)C)c1Br. The summed E-state index contributed by atoms with van der Waals surface area (Å²) >= 11 is 5.56. The van der Waals surface area contributed by atoms with Gasteiger partial charge in [-0.3, -0.25) is 4.68 Å². The Balaban J connectivity index is 2.80. The molecule has 0 radical (unpaired) electrons. The van der Waals surface area contributed by atoms with E-state index in [2.05, 4.69) is 41.8 Å². The molecule has 0 saturated heterocycles. The summed E-state index contributed by atoms with van der Waals surface area (Å²) in [5, 5.41) is 5.13. The molecule has 1 rings (SSSR count). The molecular weight excluding hydrogens is 260 g/mol. The number of rotatable bonds is 4. The van der Waals surface area contributed by atoms with Crippen LogP contribution in [-0.2, 0) is 19.2 Å². The van der Waals surface area contributed by atoms with E-state index >= 15 is 0 Å². The van der Waals surface area contributed by atoms with Crippen LogP contribution in [0.5, 0.6) is 0 Å². The van der Waals surface area contributed by atoms with Crippen LogP contribution in [0, 0.1) is 0 Å². The first-order valence-corrected chi connectivity index (χ1v) is 6.72. The van der Waals surface area contributed by atoms with Gasteiger partial charge in [-0.2, -0.15) is 16.9 Å². The predicted octanol–water partition coefficient (Wildman–Crippen LogP) is 3.39. The highest BCUT2D eigenvalue weighted by Crippen LogP contribution is 2.26. The lowest BCUT2D eigenvalue weighted by Crippen LogP contribution is -1.98. The lowest BCUT2D eigenvalue weighted by atomic mass is 10.3. The normalized spacial score (nSPS) is 11.3. The summed E-state index contributed by atoms with van der Waals surface area (Å²) in [5.74, 6) is 1.03. The molecule has 0 aliphatic rings. The van der Waals surface area contributed by atoms with Crippen molar-refractivity contribution < 1.29 is 0 Å². The standard InChI is InChI=1S/C10H17BrN2S/c1-5-8-10(11)9(13(4)12-8)6-14-7(2)3/h7H,5-6H2,1-4H3. The van der Waals surface area contributed by atoms with Gasteiger partial charge in [0.15, 0.2) is 0 Å². The molecule has 0 aliphatic heterocycles. The molecule has 0 bridgehead atoms. The smallest absolute Gasteiger partial charge is 0.0767 e. The summed E-state index contributed by atoms with van der Waals surface area (Å²) < 4.78 is 3.17. The minimum Gasteiger partial charge on any atom is -0.270 e. The summed E-state index contributed by atoms with van der Waals surface area (Å²) in [6, 6.07) is 0. The molecule has 4 heteroatoms. The molecule has 0 atom stereocenters. The second kappa shape index (κ2) is 5.21. The highest BCUT2D eigenvalue weighted by molar-refractivity contribution is 9.10. The van der Waals surface area contributed by atoms with E-state index in [1.165, 1.54) is 10.2 Å². The van der Waals surface area contributed by atoms with Crippen molar-refractivity contribution in [2.24, 2.45) is 7.05 Å². The molecular formula is C10H17BrN2S. The molecule has 2 nitrogen and oxygen atoms in total. The van der Waals surface area contributed by atoms with Crippen molar-refractivity contribution in [3.63, 3.8) is 0 Å². The maximum Gasteiger partial charge on any atom is 0.0767 e. The fraction of sp³-hybridized carbons (Fsp3) is 0.700. The van der Waals surface area contributed by atoms with Crippen LogP contribution in [0.3, 0.4) is 0 Å². The van der Waals surface area contributed by atoms with E-state index in [4.69, 9.17) is 0 Å². The number of thioether (sulfide) groups is 1. The molecule has 1 aromatic heterocycles. The molecule has 0 aromatic carbocycles. The Morgan fingerprint density at radius 1 is 1.50 bits per heavy atom. The van der Waals surface area contributed by atoms with Gasteiger partial charge in [-0.1, -0.05) is 20.8 Å². The number of nitrogens with zero attached hydrogens (tertiary/aromatic N) is 2.